The Labute approximate surface area is 129 Å². The predicted octanol–water partition coefficient (Wildman–Crippen LogP) is 3.04. The van der Waals surface area contributed by atoms with E-state index in [0.717, 1.165) is 31.2 Å². The van der Waals surface area contributed by atoms with Gasteiger partial charge in [0, 0.05) is 6.54 Å². The topological polar surface area (TPSA) is 66.8 Å². The van der Waals surface area contributed by atoms with Crippen LogP contribution in [0.3, 0.4) is 0 Å². The number of likely N-dealkylation sites (tertiary alicyclic amines) is 1. The highest BCUT2D eigenvalue weighted by Gasteiger charge is 2.50. The number of carboxylic acid groups (broad SMARTS) is 1. The number of aliphatic carboxylic acids is 1. The van der Waals surface area contributed by atoms with Crippen molar-refractivity contribution in [1.29, 1.82) is 0 Å². The highest BCUT2D eigenvalue weighted by molar-refractivity contribution is 5.81. The van der Waals surface area contributed by atoms with Crippen LogP contribution in [0.1, 0.15) is 37.7 Å². The number of carboxylic acids is 1. The Balaban J connectivity index is 1.66. The highest BCUT2D eigenvalue weighted by atomic mass is 16.6. The number of rotatable bonds is 3. The van der Waals surface area contributed by atoms with Gasteiger partial charge < -0.3 is 9.84 Å². The van der Waals surface area contributed by atoms with Crippen molar-refractivity contribution in [1.82, 2.24) is 4.90 Å². The minimum absolute atomic E-state index is 0.00514. The summed E-state index contributed by atoms with van der Waals surface area (Å²) in [4.78, 5) is 25.2. The Morgan fingerprint density at radius 2 is 1.91 bits per heavy atom. The number of amides is 1. The summed E-state index contributed by atoms with van der Waals surface area (Å²) >= 11 is 0. The normalized spacial score (nSPS) is 22.9. The van der Waals surface area contributed by atoms with E-state index in [1.54, 1.807) is 0 Å². The van der Waals surface area contributed by atoms with Gasteiger partial charge in [-0.2, -0.15) is 0 Å². The number of ether oxygens (including phenoxy) is 1. The van der Waals surface area contributed by atoms with Gasteiger partial charge in [-0.25, -0.2) is 9.59 Å². The molecule has 3 rings (SSSR count). The smallest absolute Gasteiger partial charge is 0.410 e. The molecule has 1 aliphatic carbocycles. The molecule has 1 aromatic rings. The molecule has 1 saturated carbocycles. The van der Waals surface area contributed by atoms with E-state index in [1.165, 1.54) is 4.90 Å². The van der Waals surface area contributed by atoms with Gasteiger partial charge in [-0.15, -0.1) is 0 Å². The molecule has 1 aromatic carbocycles. The second kappa shape index (κ2) is 5.99. The molecule has 0 aromatic heterocycles. The van der Waals surface area contributed by atoms with Crippen LogP contribution in [0.4, 0.5) is 4.79 Å². The van der Waals surface area contributed by atoms with Crippen molar-refractivity contribution in [2.75, 3.05) is 6.54 Å². The van der Waals surface area contributed by atoms with E-state index in [4.69, 9.17) is 4.74 Å². The number of carbonyl (C=O) groups excluding carboxylic acids is 1. The summed E-state index contributed by atoms with van der Waals surface area (Å²) in [7, 11) is 0. The molecule has 1 unspecified atom stereocenters. The van der Waals surface area contributed by atoms with E-state index < -0.39 is 18.1 Å². The van der Waals surface area contributed by atoms with Crippen molar-refractivity contribution in [2.24, 2.45) is 5.41 Å². The van der Waals surface area contributed by atoms with Gasteiger partial charge in [-0.05, 0) is 30.2 Å². The van der Waals surface area contributed by atoms with Crippen LogP contribution in [-0.2, 0) is 16.1 Å². The van der Waals surface area contributed by atoms with Crippen molar-refractivity contribution in [3.05, 3.63) is 35.9 Å². The van der Waals surface area contributed by atoms with Gasteiger partial charge in [0.25, 0.3) is 0 Å². The third-order valence-corrected chi connectivity index (χ3v) is 4.90. The van der Waals surface area contributed by atoms with Gasteiger partial charge in [0.1, 0.15) is 12.6 Å². The van der Waals surface area contributed by atoms with Gasteiger partial charge in [-0.3, -0.25) is 4.90 Å². The molecular weight excluding hydrogens is 282 g/mol. The fraction of sp³-hybridized carbons (Fsp3) is 0.529. The quantitative estimate of drug-likeness (QED) is 0.932. The average molecular weight is 303 g/mol. The molecule has 1 N–H and O–H groups in total. The van der Waals surface area contributed by atoms with Crippen LogP contribution in [0.15, 0.2) is 30.3 Å². The van der Waals surface area contributed by atoms with Gasteiger partial charge >= 0.3 is 12.1 Å². The first-order valence-corrected chi connectivity index (χ1v) is 7.80. The molecule has 2 fully saturated rings. The lowest BCUT2D eigenvalue weighted by Gasteiger charge is -2.23. The summed E-state index contributed by atoms with van der Waals surface area (Å²) in [5.74, 6) is -0.930. The molecule has 0 radical (unpaired) electrons. The first-order valence-electron chi connectivity index (χ1n) is 7.80. The Morgan fingerprint density at radius 1 is 1.23 bits per heavy atom. The maximum atomic E-state index is 12.3. The van der Waals surface area contributed by atoms with Gasteiger partial charge in [-0.1, -0.05) is 43.2 Å². The molecule has 5 heteroatoms. The Kier molecular flexibility index (Phi) is 4.05. The van der Waals surface area contributed by atoms with E-state index in [2.05, 4.69) is 0 Å². The summed E-state index contributed by atoms with van der Waals surface area (Å²) < 4.78 is 5.32. The fourth-order valence-electron chi connectivity index (χ4n) is 3.76. The van der Waals surface area contributed by atoms with Crippen LogP contribution in [0.5, 0.6) is 0 Å². The molecule has 0 bridgehead atoms. The third-order valence-electron chi connectivity index (χ3n) is 4.90. The fourth-order valence-corrected chi connectivity index (χ4v) is 3.76. The van der Waals surface area contributed by atoms with Gasteiger partial charge in [0.2, 0.25) is 0 Å². The number of hydrogen-bond donors (Lipinski definition) is 1. The van der Waals surface area contributed by atoms with Crippen molar-refractivity contribution in [2.45, 2.75) is 44.8 Å². The van der Waals surface area contributed by atoms with Crippen molar-refractivity contribution < 1.29 is 19.4 Å². The Hall–Kier alpha value is -2.04. The SMILES string of the molecule is O=C(O)C1CC2(CCCC2)CN1C(=O)OCc1ccccc1. The summed E-state index contributed by atoms with van der Waals surface area (Å²) in [5.41, 5.74) is 0.895. The molecule has 1 heterocycles. The van der Waals surface area contributed by atoms with Crippen LogP contribution >= 0.6 is 0 Å². The minimum atomic E-state index is -0.930. The molecule has 1 spiro atoms. The summed E-state index contributed by atoms with van der Waals surface area (Å²) in [5, 5.41) is 9.41. The van der Waals surface area contributed by atoms with E-state index in [1.807, 2.05) is 30.3 Å². The molecular formula is C17H21NO4. The van der Waals surface area contributed by atoms with E-state index >= 15 is 0 Å². The molecule has 22 heavy (non-hydrogen) atoms. The molecule has 1 atom stereocenters. The molecule has 1 amide bonds. The maximum Gasteiger partial charge on any atom is 0.410 e. The van der Waals surface area contributed by atoms with Crippen LogP contribution in [0.2, 0.25) is 0 Å². The number of carbonyl (C=O) groups is 2. The zero-order chi connectivity index (χ0) is 15.6. The zero-order valence-corrected chi connectivity index (χ0v) is 12.5. The average Bonchev–Trinajstić information content (AvgIpc) is 3.14. The number of benzene rings is 1. The number of hydrogen-bond acceptors (Lipinski definition) is 3. The van der Waals surface area contributed by atoms with Crippen molar-refractivity contribution in [3.8, 4) is 0 Å². The molecule has 1 saturated heterocycles. The lowest BCUT2D eigenvalue weighted by molar-refractivity contribution is -0.141. The molecule has 1 aliphatic heterocycles. The summed E-state index contributed by atoms with van der Waals surface area (Å²) in [6.07, 6.45) is 4.32. The lowest BCUT2D eigenvalue weighted by Crippen LogP contribution is -2.41. The van der Waals surface area contributed by atoms with Gasteiger partial charge in [0.15, 0.2) is 0 Å². The van der Waals surface area contributed by atoms with Crippen molar-refractivity contribution >= 4 is 12.1 Å². The Morgan fingerprint density at radius 3 is 2.55 bits per heavy atom. The molecule has 118 valence electrons. The molecule has 5 nitrogen and oxygen atoms in total. The van der Waals surface area contributed by atoms with Crippen molar-refractivity contribution in [3.63, 3.8) is 0 Å². The minimum Gasteiger partial charge on any atom is -0.480 e. The standard InChI is InChI=1S/C17H21NO4/c19-15(20)14-10-17(8-4-5-9-17)12-18(14)16(21)22-11-13-6-2-1-3-7-13/h1-3,6-7,14H,4-5,8-12H2,(H,19,20). The van der Waals surface area contributed by atoms with Crippen LogP contribution in [-0.4, -0.2) is 34.7 Å². The first kappa shape index (κ1) is 14.9. The predicted molar refractivity (Wildman–Crippen MR) is 80.3 cm³/mol. The maximum absolute atomic E-state index is 12.3. The second-order valence-corrected chi connectivity index (χ2v) is 6.43. The second-order valence-electron chi connectivity index (χ2n) is 6.43. The Bertz CT molecular complexity index is 551. The zero-order valence-electron chi connectivity index (χ0n) is 12.5. The van der Waals surface area contributed by atoms with E-state index in [-0.39, 0.29) is 12.0 Å². The van der Waals surface area contributed by atoms with E-state index in [9.17, 15) is 14.7 Å². The summed E-state index contributed by atoms with van der Waals surface area (Å²) in [6, 6.07) is 8.67. The molecule has 2 aliphatic rings. The summed E-state index contributed by atoms with van der Waals surface area (Å²) in [6.45, 7) is 0.688. The first-order chi connectivity index (χ1) is 10.6. The largest absolute Gasteiger partial charge is 0.480 e. The highest BCUT2D eigenvalue weighted by Crippen LogP contribution is 2.47. The van der Waals surface area contributed by atoms with Crippen LogP contribution in [0, 0.1) is 5.41 Å². The van der Waals surface area contributed by atoms with Crippen LogP contribution in [0.25, 0.3) is 0 Å². The third kappa shape index (κ3) is 2.93. The van der Waals surface area contributed by atoms with Crippen LogP contribution < -0.4 is 0 Å². The monoisotopic (exact) mass is 303 g/mol. The van der Waals surface area contributed by atoms with Gasteiger partial charge in [0.05, 0.1) is 0 Å². The number of nitrogens with zero attached hydrogens (tertiary/aromatic N) is 1. The lowest BCUT2D eigenvalue weighted by atomic mass is 9.84. The van der Waals surface area contributed by atoms with E-state index in [0.29, 0.717) is 13.0 Å².